The lowest BCUT2D eigenvalue weighted by Crippen LogP contribution is -2.52. The van der Waals surface area contributed by atoms with E-state index in [4.69, 9.17) is 16.2 Å². The number of primary amides is 1. The molecule has 1 unspecified atom stereocenters. The SMILES string of the molecule is Cc1ncc(Nc2nc(NC3[C@@H](OCc4ccccc4)CCC[C@@H]3N)c(F)cc2C(N)=O)cc1-n1nccn1. The third kappa shape index (κ3) is 6.02. The second-order valence-electron chi connectivity index (χ2n) is 9.45. The molecule has 1 aliphatic rings. The van der Waals surface area contributed by atoms with Crippen LogP contribution in [-0.2, 0) is 11.3 Å². The zero-order valence-electron chi connectivity index (χ0n) is 21.4. The second kappa shape index (κ2) is 11.5. The molecule has 0 bridgehead atoms. The summed E-state index contributed by atoms with van der Waals surface area (Å²) < 4.78 is 21.4. The van der Waals surface area contributed by atoms with E-state index in [1.807, 2.05) is 37.3 Å². The molecule has 1 aliphatic carbocycles. The number of nitrogens with zero attached hydrogens (tertiary/aromatic N) is 5. The van der Waals surface area contributed by atoms with Crippen LogP contribution in [0.3, 0.4) is 0 Å². The maximum Gasteiger partial charge on any atom is 0.252 e. The van der Waals surface area contributed by atoms with Gasteiger partial charge in [-0.2, -0.15) is 10.2 Å². The van der Waals surface area contributed by atoms with Gasteiger partial charge >= 0.3 is 0 Å². The van der Waals surface area contributed by atoms with Crippen LogP contribution in [0, 0.1) is 12.7 Å². The van der Waals surface area contributed by atoms with Crippen molar-refractivity contribution in [2.45, 2.75) is 51.0 Å². The lowest BCUT2D eigenvalue weighted by molar-refractivity contribution is 0.00362. The van der Waals surface area contributed by atoms with Crippen molar-refractivity contribution >= 4 is 23.2 Å². The van der Waals surface area contributed by atoms with E-state index in [9.17, 15) is 4.79 Å². The summed E-state index contributed by atoms with van der Waals surface area (Å²) in [7, 11) is 0. The standard InChI is InChI=1S/C27H30FN9O2/c1-16-22(37-32-10-11-33-37)12-18(14-31-16)34-26-19(25(30)38)13-20(28)27(36-26)35-24-21(29)8-5-9-23(24)39-15-17-6-3-2-4-7-17/h2-4,6-7,10-14,21,23-24H,5,8-9,15,29H2,1H3,(H2,30,38)(H2,34,35,36)/t21-,23-,24?/m0/s1. The number of anilines is 3. The van der Waals surface area contributed by atoms with Gasteiger partial charge in [-0.3, -0.25) is 9.78 Å². The van der Waals surface area contributed by atoms with Crippen LogP contribution in [0.25, 0.3) is 5.69 Å². The van der Waals surface area contributed by atoms with Crippen molar-refractivity contribution in [2.75, 3.05) is 10.6 Å². The van der Waals surface area contributed by atoms with E-state index in [2.05, 4.69) is 30.8 Å². The maximum absolute atomic E-state index is 15.2. The summed E-state index contributed by atoms with van der Waals surface area (Å²) in [5, 5.41) is 14.5. The zero-order chi connectivity index (χ0) is 27.4. The number of rotatable bonds is 9. The average Bonchev–Trinajstić information content (AvgIpc) is 3.47. The van der Waals surface area contributed by atoms with Crippen LogP contribution in [0.2, 0.25) is 0 Å². The molecule has 1 fully saturated rings. The van der Waals surface area contributed by atoms with Gasteiger partial charge in [0, 0.05) is 6.04 Å². The van der Waals surface area contributed by atoms with Crippen molar-refractivity contribution in [3.05, 3.63) is 83.7 Å². The number of hydrogen-bond acceptors (Lipinski definition) is 9. The highest BCUT2D eigenvalue weighted by Gasteiger charge is 2.33. The smallest absolute Gasteiger partial charge is 0.252 e. The van der Waals surface area contributed by atoms with Gasteiger partial charge in [-0.25, -0.2) is 9.37 Å². The summed E-state index contributed by atoms with van der Waals surface area (Å²) in [6.45, 7) is 2.23. The number of amides is 1. The molecule has 3 heterocycles. The lowest BCUT2D eigenvalue weighted by atomic mass is 9.88. The highest BCUT2D eigenvalue weighted by atomic mass is 19.1. The van der Waals surface area contributed by atoms with Gasteiger partial charge in [-0.1, -0.05) is 30.3 Å². The van der Waals surface area contributed by atoms with E-state index in [0.717, 1.165) is 30.9 Å². The Bertz CT molecular complexity index is 1430. The van der Waals surface area contributed by atoms with Crippen molar-refractivity contribution in [1.82, 2.24) is 25.0 Å². The molecule has 39 heavy (non-hydrogen) atoms. The Labute approximate surface area is 224 Å². The quantitative estimate of drug-likeness (QED) is 0.254. The van der Waals surface area contributed by atoms with Crippen LogP contribution in [-0.4, -0.2) is 49.1 Å². The second-order valence-corrected chi connectivity index (χ2v) is 9.45. The van der Waals surface area contributed by atoms with E-state index in [-0.39, 0.29) is 29.3 Å². The molecule has 5 rings (SSSR count). The summed E-state index contributed by atoms with van der Waals surface area (Å²) >= 11 is 0. The van der Waals surface area contributed by atoms with Gasteiger partial charge in [-0.15, -0.1) is 4.80 Å². The monoisotopic (exact) mass is 531 g/mol. The summed E-state index contributed by atoms with van der Waals surface area (Å²) in [5.41, 5.74) is 14.7. The molecule has 0 aliphatic heterocycles. The van der Waals surface area contributed by atoms with Crippen molar-refractivity contribution in [1.29, 1.82) is 0 Å². The molecule has 4 aromatic rings. The Kier molecular flexibility index (Phi) is 7.75. The van der Waals surface area contributed by atoms with Crippen molar-refractivity contribution < 1.29 is 13.9 Å². The van der Waals surface area contributed by atoms with E-state index in [1.165, 1.54) is 4.80 Å². The largest absolute Gasteiger partial charge is 0.371 e. The molecule has 11 nitrogen and oxygen atoms in total. The van der Waals surface area contributed by atoms with E-state index >= 15 is 4.39 Å². The molecule has 12 heteroatoms. The van der Waals surface area contributed by atoms with E-state index in [0.29, 0.717) is 23.7 Å². The van der Waals surface area contributed by atoms with Crippen LogP contribution in [0.1, 0.15) is 40.9 Å². The molecule has 1 amide bonds. The number of benzene rings is 1. The minimum Gasteiger partial charge on any atom is -0.371 e. The molecule has 3 atom stereocenters. The predicted molar refractivity (Wildman–Crippen MR) is 144 cm³/mol. The zero-order valence-corrected chi connectivity index (χ0v) is 21.4. The summed E-state index contributed by atoms with van der Waals surface area (Å²) in [4.78, 5) is 22.4. The Balaban J connectivity index is 1.41. The first kappa shape index (κ1) is 26.2. The topological polar surface area (TPSA) is 159 Å². The van der Waals surface area contributed by atoms with Gasteiger partial charge < -0.3 is 26.8 Å². The summed E-state index contributed by atoms with van der Waals surface area (Å²) in [5.74, 6) is -1.55. The van der Waals surface area contributed by atoms with Crippen LogP contribution in [0.5, 0.6) is 0 Å². The fourth-order valence-electron chi connectivity index (χ4n) is 4.65. The number of halogens is 1. The first-order valence-electron chi connectivity index (χ1n) is 12.7. The molecular weight excluding hydrogens is 501 g/mol. The van der Waals surface area contributed by atoms with Crippen LogP contribution < -0.4 is 22.1 Å². The van der Waals surface area contributed by atoms with Gasteiger partial charge in [0.05, 0.1) is 54.3 Å². The van der Waals surface area contributed by atoms with Gasteiger partial charge in [0.15, 0.2) is 11.6 Å². The Morgan fingerprint density at radius 3 is 2.67 bits per heavy atom. The molecule has 6 N–H and O–H groups in total. The number of carbonyl (C=O) groups excluding carboxylic acids is 1. The van der Waals surface area contributed by atoms with Crippen LogP contribution >= 0.6 is 0 Å². The number of nitrogens with one attached hydrogen (secondary N) is 2. The number of aromatic nitrogens is 5. The number of carbonyl (C=O) groups is 1. The first-order chi connectivity index (χ1) is 18.9. The molecule has 202 valence electrons. The third-order valence-electron chi connectivity index (χ3n) is 6.70. The minimum absolute atomic E-state index is 0.0628. The maximum atomic E-state index is 15.2. The Hall–Kier alpha value is -4.42. The van der Waals surface area contributed by atoms with Crippen molar-refractivity contribution in [3.8, 4) is 5.69 Å². The predicted octanol–water partition coefficient (Wildman–Crippen LogP) is 3.22. The van der Waals surface area contributed by atoms with Gasteiger partial charge in [-0.05, 0) is 43.9 Å². The van der Waals surface area contributed by atoms with Crippen molar-refractivity contribution in [2.24, 2.45) is 11.5 Å². The number of nitrogens with two attached hydrogens (primary N) is 2. The first-order valence-corrected chi connectivity index (χ1v) is 12.7. The summed E-state index contributed by atoms with van der Waals surface area (Å²) in [6.07, 6.45) is 6.84. The van der Waals surface area contributed by atoms with Gasteiger partial charge in [0.25, 0.3) is 5.91 Å². The molecule has 0 radical (unpaired) electrons. The fourth-order valence-corrected chi connectivity index (χ4v) is 4.65. The highest BCUT2D eigenvalue weighted by Crippen LogP contribution is 2.29. The van der Waals surface area contributed by atoms with Crippen LogP contribution in [0.4, 0.5) is 21.7 Å². The van der Waals surface area contributed by atoms with Crippen molar-refractivity contribution in [3.63, 3.8) is 0 Å². The number of ether oxygens (including phenoxy) is 1. The van der Waals surface area contributed by atoms with E-state index in [1.54, 1.807) is 24.7 Å². The normalized spacial score (nSPS) is 19.0. The number of hydrogen-bond donors (Lipinski definition) is 4. The number of pyridine rings is 2. The fraction of sp³-hybridized carbons (Fsp3) is 0.296. The third-order valence-corrected chi connectivity index (χ3v) is 6.70. The molecule has 0 spiro atoms. The molecular formula is C27H30FN9O2. The molecule has 1 aromatic carbocycles. The lowest BCUT2D eigenvalue weighted by Gasteiger charge is -2.37. The Morgan fingerprint density at radius 1 is 1.15 bits per heavy atom. The van der Waals surface area contributed by atoms with E-state index < -0.39 is 17.8 Å². The molecule has 0 saturated heterocycles. The van der Waals surface area contributed by atoms with Gasteiger partial charge in [0.1, 0.15) is 11.5 Å². The number of aryl methyl sites for hydroxylation is 1. The Morgan fingerprint density at radius 2 is 1.92 bits per heavy atom. The molecule has 1 saturated carbocycles. The average molecular weight is 532 g/mol. The van der Waals surface area contributed by atoms with Crippen LogP contribution in [0.15, 0.2) is 61.1 Å². The summed E-state index contributed by atoms with van der Waals surface area (Å²) in [6, 6.07) is 12.0. The van der Waals surface area contributed by atoms with Gasteiger partial charge in [0.2, 0.25) is 0 Å². The highest BCUT2D eigenvalue weighted by molar-refractivity contribution is 5.98. The molecule has 3 aromatic heterocycles. The minimum atomic E-state index is -0.831.